The van der Waals surface area contributed by atoms with Gasteiger partial charge in [0, 0.05) is 21.9 Å². The molecule has 4 nitrogen and oxygen atoms in total. The van der Waals surface area contributed by atoms with Gasteiger partial charge in [-0.05, 0) is 61.2 Å². The molecule has 0 saturated carbocycles. The minimum atomic E-state index is 0.915. The molecule has 2 heterocycles. The summed E-state index contributed by atoms with van der Waals surface area (Å²) >= 11 is 1.81. The van der Waals surface area contributed by atoms with Gasteiger partial charge in [-0.3, -0.25) is 0 Å². The van der Waals surface area contributed by atoms with Crippen molar-refractivity contribution in [1.82, 2.24) is 9.97 Å². The molecular weight excluding hydrogens is 340 g/mol. The average molecular weight is 358 g/mol. The van der Waals surface area contributed by atoms with Crippen molar-refractivity contribution < 1.29 is 0 Å². The maximum atomic E-state index is 4.51. The lowest BCUT2D eigenvalue weighted by atomic mass is 10.2. The smallest absolute Gasteiger partial charge is 0.142 e. The summed E-state index contributed by atoms with van der Waals surface area (Å²) in [5, 5.41) is 8.09. The highest BCUT2D eigenvalue weighted by Gasteiger charge is 2.21. The fraction of sp³-hybridized carbons (Fsp3) is 0.143. The van der Waals surface area contributed by atoms with Crippen molar-refractivity contribution >= 4 is 44.4 Å². The van der Waals surface area contributed by atoms with Gasteiger partial charge in [0.2, 0.25) is 0 Å². The number of rotatable bonds is 4. The lowest BCUT2D eigenvalue weighted by Crippen LogP contribution is -1.96. The molecule has 128 valence electrons. The Labute approximate surface area is 155 Å². The lowest BCUT2D eigenvalue weighted by molar-refractivity contribution is 0.917. The number of anilines is 4. The minimum absolute atomic E-state index is 0.915. The van der Waals surface area contributed by atoms with E-state index in [1.54, 1.807) is 6.33 Å². The number of hydrogen-bond acceptors (Lipinski definition) is 5. The fourth-order valence-electron chi connectivity index (χ4n) is 3.49. The third kappa shape index (κ3) is 2.80. The van der Waals surface area contributed by atoms with Crippen LogP contribution in [0.5, 0.6) is 0 Å². The Hall–Kier alpha value is -2.92. The molecule has 1 aliphatic rings. The van der Waals surface area contributed by atoms with Crippen LogP contribution in [0.4, 0.5) is 22.9 Å². The van der Waals surface area contributed by atoms with Crippen LogP contribution in [0.25, 0.3) is 10.2 Å². The van der Waals surface area contributed by atoms with E-state index in [0.29, 0.717) is 0 Å². The summed E-state index contributed by atoms with van der Waals surface area (Å²) in [6.45, 7) is 0. The van der Waals surface area contributed by atoms with E-state index >= 15 is 0 Å². The van der Waals surface area contributed by atoms with Gasteiger partial charge in [0.05, 0.1) is 5.39 Å². The fourth-order valence-corrected chi connectivity index (χ4v) is 4.71. The van der Waals surface area contributed by atoms with Crippen molar-refractivity contribution in [3.8, 4) is 0 Å². The molecule has 0 spiro atoms. The molecule has 26 heavy (non-hydrogen) atoms. The molecule has 0 saturated heterocycles. The molecule has 2 aromatic heterocycles. The SMILES string of the molecule is c1ccc(Nc2ccc(Nc3ncnc4sc5c(c34)CCC5)cc2)cc1. The Morgan fingerprint density at radius 1 is 0.769 bits per heavy atom. The summed E-state index contributed by atoms with van der Waals surface area (Å²) in [5.41, 5.74) is 4.61. The molecule has 2 N–H and O–H groups in total. The monoisotopic (exact) mass is 358 g/mol. The highest BCUT2D eigenvalue weighted by atomic mass is 32.1. The molecule has 1 aliphatic carbocycles. The van der Waals surface area contributed by atoms with Gasteiger partial charge in [-0.25, -0.2) is 9.97 Å². The topological polar surface area (TPSA) is 49.8 Å². The van der Waals surface area contributed by atoms with E-state index in [2.05, 4.69) is 57.0 Å². The summed E-state index contributed by atoms with van der Waals surface area (Å²) in [6.07, 6.45) is 5.21. The van der Waals surface area contributed by atoms with Crippen molar-refractivity contribution in [3.63, 3.8) is 0 Å². The quantitative estimate of drug-likeness (QED) is 0.494. The number of aromatic nitrogens is 2. The van der Waals surface area contributed by atoms with Crippen LogP contribution in [-0.4, -0.2) is 9.97 Å². The van der Waals surface area contributed by atoms with Gasteiger partial charge in [-0.1, -0.05) is 18.2 Å². The van der Waals surface area contributed by atoms with Gasteiger partial charge in [0.25, 0.3) is 0 Å². The number of benzene rings is 2. The number of fused-ring (bicyclic) bond motifs is 3. The molecule has 0 fully saturated rings. The van der Waals surface area contributed by atoms with E-state index in [0.717, 1.165) is 34.1 Å². The predicted molar refractivity (Wildman–Crippen MR) is 109 cm³/mol. The molecule has 4 aromatic rings. The van der Waals surface area contributed by atoms with Gasteiger partial charge >= 0.3 is 0 Å². The lowest BCUT2D eigenvalue weighted by Gasteiger charge is -2.10. The Morgan fingerprint density at radius 3 is 2.31 bits per heavy atom. The molecule has 5 heteroatoms. The predicted octanol–water partition coefficient (Wildman–Crippen LogP) is 5.67. The van der Waals surface area contributed by atoms with E-state index in [4.69, 9.17) is 0 Å². The highest BCUT2D eigenvalue weighted by molar-refractivity contribution is 7.19. The summed E-state index contributed by atoms with van der Waals surface area (Å²) in [5.74, 6) is 0.915. The van der Waals surface area contributed by atoms with Crippen LogP contribution in [0.15, 0.2) is 60.9 Å². The van der Waals surface area contributed by atoms with Gasteiger partial charge in [-0.2, -0.15) is 0 Å². The second kappa shape index (κ2) is 6.42. The van der Waals surface area contributed by atoms with Crippen LogP contribution in [0.2, 0.25) is 0 Å². The summed E-state index contributed by atoms with van der Waals surface area (Å²) in [4.78, 5) is 11.5. The second-order valence-corrected chi connectivity index (χ2v) is 7.54. The third-order valence-electron chi connectivity index (χ3n) is 4.71. The average Bonchev–Trinajstić information content (AvgIpc) is 3.25. The van der Waals surface area contributed by atoms with Crippen LogP contribution >= 0.6 is 11.3 Å². The molecule has 5 rings (SSSR count). The molecule has 2 aromatic carbocycles. The Morgan fingerprint density at radius 2 is 1.50 bits per heavy atom. The number of para-hydroxylation sites is 1. The molecular formula is C21H18N4S. The van der Waals surface area contributed by atoms with Crippen molar-refractivity contribution in [2.75, 3.05) is 10.6 Å². The molecule has 0 unspecified atom stereocenters. The van der Waals surface area contributed by atoms with Gasteiger partial charge in [-0.15, -0.1) is 11.3 Å². The largest absolute Gasteiger partial charge is 0.356 e. The number of nitrogens with zero attached hydrogens (tertiary/aromatic N) is 2. The zero-order valence-corrected chi connectivity index (χ0v) is 15.0. The van der Waals surface area contributed by atoms with Crippen LogP contribution in [0.3, 0.4) is 0 Å². The van der Waals surface area contributed by atoms with E-state index in [1.807, 2.05) is 29.5 Å². The van der Waals surface area contributed by atoms with Crippen LogP contribution in [0, 0.1) is 0 Å². The molecule has 0 bridgehead atoms. The second-order valence-electron chi connectivity index (χ2n) is 6.45. The summed E-state index contributed by atoms with van der Waals surface area (Å²) in [7, 11) is 0. The van der Waals surface area contributed by atoms with E-state index in [1.165, 1.54) is 28.7 Å². The number of hydrogen-bond donors (Lipinski definition) is 2. The molecule has 0 aliphatic heterocycles. The third-order valence-corrected chi connectivity index (χ3v) is 5.91. The van der Waals surface area contributed by atoms with E-state index in [9.17, 15) is 0 Å². The van der Waals surface area contributed by atoms with Gasteiger partial charge in [0.1, 0.15) is 17.0 Å². The first-order valence-corrected chi connectivity index (χ1v) is 9.63. The number of thiophene rings is 1. The van der Waals surface area contributed by atoms with Crippen molar-refractivity contribution in [1.29, 1.82) is 0 Å². The van der Waals surface area contributed by atoms with Gasteiger partial charge < -0.3 is 10.6 Å². The zero-order valence-electron chi connectivity index (χ0n) is 14.2. The van der Waals surface area contributed by atoms with Crippen molar-refractivity contribution in [2.45, 2.75) is 19.3 Å². The van der Waals surface area contributed by atoms with Crippen LogP contribution in [0.1, 0.15) is 16.9 Å². The van der Waals surface area contributed by atoms with Crippen LogP contribution in [-0.2, 0) is 12.8 Å². The summed E-state index contributed by atoms with van der Waals surface area (Å²) < 4.78 is 0. The van der Waals surface area contributed by atoms with Gasteiger partial charge in [0.15, 0.2) is 0 Å². The first-order valence-electron chi connectivity index (χ1n) is 8.81. The normalized spacial score (nSPS) is 12.9. The highest BCUT2D eigenvalue weighted by Crippen LogP contribution is 2.39. The van der Waals surface area contributed by atoms with E-state index in [-0.39, 0.29) is 0 Å². The minimum Gasteiger partial charge on any atom is -0.356 e. The van der Waals surface area contributed by atoms with Crippen molar-refractivity contribution in [3.05, 3.63) is 71.4 Å². The molecule has 0 amide bonds. The Balaban J connectivity index is 1.41. The van der Waals surface area contributed by atoms with E-state index < -0.39 is 0 Å². The summed E-state index contributed by atoms with van der Waals surface area (Å²) in [6, 6.07) is 18.5. The number of aryl methyl sites for hydroxylation is 2. The Bertz CT molecular complexity index is 1050. The van der Waals surface area contributed by atoms with Crippen LogP contribution < -0.4 is 10.6 Å². The number of nitrogens with one attached hydrogen (secondary N) is 2. The molecule has 0 atom stereocenters. The standard InChI is InChI=1S/C21H18N4S/c1-2-5-14(6-3-1)24-15-9-11-16(12-10-15)25-20-19-17-7-4-8-18(17)26-21(19)23-13-22-20/h1-3,5-6,9-13,24H,4,7-8H2,(H,22,23,25). The first-order chi connectivity index (χ1) is 12.9. The Kier molecular flexibility index (Phi) is 3.79. The van der Waals surface area contributed by atoms with Crippen molar-refractivity contribution in [2.24, 2.45) is 0 Å². The first kappa shape index (κ1) is 15.3. The molecule has 0 radical (unpaired) electrons. The maximum absolute atomic E-state index is 4.51. The maximum Gasteiger partial charge on any atom is 0.142 e. The zero-order chi connectivity index (χ0) is 17.3.